The highest BCUT2D eigenvalue weighted by atomic mass is 32.2. The molecule has 0 unspecified atom stereocenters. The first-order chi connectivity index (χ1) is 15.7. The van der Waals surface area contributed by atoms with Gasteiger partial charge >= 0.3 is 0 Å². The highest BCUT2D eigenvalue weighted by Crippen LogP contribution is 2.31. The van der Waals surface area contributed by atoms with Crippen LogP contribution in [-0.4, -0.2) is 40.9 Å². The van der Waals surface area contributed by atoms with E-state index in [0.29, 0.717) is 29.6 Å². The number of hydrogen-bond acceptors (Lipinski definition) is 7. The van der Waals surface area contributed by atoms with Gasteiger partial charge in [-0.15, -0.1) is 0 Å². The average Bonchev–Trinajstić information content (AvgIpc) is 3.63. The Labute approximate surface area is 193 Å². The van der Waals surface area contributed by atoms with Crippen molar-refractivity contribution in [2.45, 2.75) is 31.6 Å². The van der Waals surface area contributed by atoms with Crippen LogP contribution in [0.3, 0.4) is 0 Å². The summed E-state index contributed by atoms with van der Waals surface area (Å²) in [5.41, 5.74) is 8.87. The lowest BCUT2D eigenvalue weighted by molar-refractivity contribution is 0.100. The van der Waals surface area contributed by atoms with Crippen LogP contribution >= 0.6 is 0 Å². The normalized spacial score (nSPS) is 13.7. The third-order valence-corrected chi connectivity index (χ3v) is 7.66. The summed E-state index contributed by atoms with van der Waals surface area (Å²) in [5, 5.41) is 6.13. The fraction of sp³-hybridized carbons (Fsp3) is 0.261. The minimum Gasteiger partial charge on any atom is -0.366 e. The van der Waals surface area contributed by atoms with Crippen LogP contribution in [0.2, 0.25) is 0 Å². The van der Waals surface area contributed by atoms with Crippen molar-refractivity contribution in [3.8, 4) is 0 Å². The van der Waals surface area contributed by atoms with Gasteiger partial charge in [-0.25, -0.2) is 17.7 Å². The molecule has 0 bridgehead atoms. The van der Waals surface area contributed by atoms with Crippen molar-refractivity contribution in [2.75, 3.05) is 17.7 Å². The van der Waals surface area contributed by atoms with Crippen molar-refractivity contribution in [1.29, 1.82) is 0 Å². The van der Waals surface area contributed by atoms with Gasteiger partial charge in [0.1, 0.15) is 5.82 Å². The summed E-state index contributed by atoms with van der Waals surface area (Å²) in [6.45, 7) is 2.19. The molecule has 4 rings (SSSR count). The van der Waals surface area contributed by atoms with Crippen molar-refractivity contribution >= 4 is 39.1 Å². The highest BCUT2D eigenvalue weighted by molar-refractivity contribution is 7.90. The van der Waals surface area contributed by atoms with E-state index in [0.717, 1.165) is 29.7 Å². The molecule has 2 aromatic carbocycles. The summed E-state index contributed by atoms with van der Waals surface area (Å²) in [6.07, 6.45) is 3.17. The molecule has 1 fully saturated rings. The van der Waals surface area contributed by atoms with Crippen molar-refractivity contribution in [3.63, 3.8) is 0 Å². The number of nitrogens with zero attached hydrogens (tertiary/aromatic N) is 3. The third kappa shape index (κ3) is 5.47. The van der Waals surface area contributed by atoms with Gasteiger partial charge in [-0.05, 0) is 55.7 Å². The minimum absolute atomic E-state index is 0.234. The molecule has 0 spiro atoms. The number of carbonyl (C=O) groups is 1. The zero-order chi connectivity index (χ0) is 23.6. The summed E-state index contributed by atoms with van der Waals surface area (Å²) >= 11 is 0. The molecule has 4 N–H and O–H groups in total. The second-order valence-corrected chi connectivity index (χ2v) is 10.4. The van der Waals surface area contributed by atoms with Crippen LogP contribution in [0.25, 0.3) is 0 Å². The number of rotatable bonds is 9. The molecule has 3 aromatic rings. The Kier molecular flexibility index (Phi) is 6.30. The fourth-order valence-corrected chi connectivity index (χ4v) is 4.93. The highest BCUT2D eigenvalue weighted by Gasteiger charge is 2.38. The maximum atomic E-state index is 12.4. The second-order valence-electron chi connectivity index (χ2n) is 8.12. The summed E-state index contributed by atoms with van der Waals surface area (Å²) in [5.74, 6) is 0.451. The predicted molar refractivity (Wildman–Crippen MR) is 128 cm³/mol. The second kappa shape index (κ2) is 9.16. The van der Waals surface area contributed by atoms with E-state index in [9.17, 15) is 13.2 Å². The predicted octanol–water partition coefficient (Wildman–Crippen LogP) is 3.30. The van der Waals surface area contributed by atoms with Crippen LogP contribution in [0.1, 0.15) is 34.3 Å². The summed E-state index contributed by atoms with van der Waals surface area (Å²) in [6, 6.07) is 14.4. The van der Waals surface area contributed by atoms with Crippen LogP contribution in [0.4, 0.5) is 23.1 Å². The first-order valence-corrected chi connectivity index (χ1v) is 12.0. The fourth-order valence-electron chi connectivity index (χ4n) is 3.36. The summed E-state index contributed by atoms with van der Waals surface area (Å²) in [4.78, 5) is 20.3. The molecule has 1 aromatic heterocycles. The van der Waals surface area contributed by atoms with E-state index < -0.39 is 15.9 Å². The minimum atomic E-state index is -3.23. The lowest BCUT2D eigenvalue weighted by atomic mass is 10.2. The van der Waals surface area contributed by atoms with E-state index in [1.165, 1.54) is 4.31 Å². The molecular formula is C23H26N6O3S. The number of amides is 1. The zero-order valence-electron chi connectivity index (χ0n) is 18.4. The largest absolute Gasteiger partial charge is 0.366 e. The van der Waals surface area contributed by atoms with Gasteiger partial charge in [0.15, 0.2) is 0 Å². The quantitative estimate of drug-likeness (QED) is 0.441. The van der Waals surface area contributed by atoms with Gasteiger partial charge in [0.05, 0.1) is 5.25 Å². The maximum absolute atomic E-state index is 12.4. The van der Waals surface area contributed by atoms with Crippen LogP contribution in [-0.2, 0) is 16.6 Å². The van der Waals surface area contributed by atoms with Gasteiger partial charge in [-0.2, -0.15) is 4.98 Å². The van der Waals surface area contributed by atoms with Crippen LogP contribution in [0.15, 0.2) is 54.7 Å². The van der Waals surface area contributed by atoms with Gasteiger partial charge in [0, 0.05) is 42.3 Å². The molecule has 1 aliphatic carbocycles. The SMILES string of the molecule is Cc1cnc(Nc2cccc(C(N)=O)c2)nc1Nc1cccc(CN(C)S(=O)(=O)C2CC2)c1. The van der Waals surface area contributed by atoms with E-state index in [2.05, 4.69) is 20.6 Å². The first-order valence-electron chi connectivity index (χ1n) is 10.5. The van der Waals surface area contributed by atoms with E-state index >= 15 is 0 Å². The molecule has 1 amide bonds. The van der Waals surface area contributed by atoms with E-state index in [1.54, 1.807) is 37.5 Å². The zero-order valence-corrected chi connectivity index (χ0v) is 19.3. The number of sulfonamides is 1. The van der Waals surface area contributed by atoms with E-state index in [4.69, 9.17) is 5.73 Å². The number of aryl methyl sites for hydroxylation is 1. The Bertz CT molecular complexity index is 1290. The molecule has 172 valence electrons. The van der Waals surface area contributed by atoms with Crippen LogP contribution in [0.5, 0.6) is 0 Å². The van der Waals surface area contributed by atoms with E-state index in [1.807, 2.05) is 31.2 Å². The number of nitrogens with two attached hydrogens (primary N) is 1. The summed E-state index contributed by atoms with van der Waals surface area (Å²) in [7, 11) is -1.61. The monoisotopic (exact) mass is 466 g/mol. The number of benzene rings is 2. The number of primary amides is 1. The molecule has 1 saturated carbocycles. The number of anilines is 4. The van der Waals surface area contributed by atoms with Gasteiger partial charge in [-0.1, -0.05) is 18.2 Å². The lowest BCUT2D eigenvalue weighted by Crippen LogP contribution is -2.29. The third-order valence-electron chi connectivity index (χ3n) is 5.35. The molecule has 9 nitrogen and oxygen atoms in total. The smallest absolute Gasteiger partial charge is 0.248 e. The molecular weight excluding hydrogens is 440 g/mol. The van der Waals surface area contributed by atoms with Gasteiger partial charge in [0.2, 0.25) is 21.9 Å². The van der Waals surface area contributed by atoms with Crippen molar-refractivity contribution in [1.82, 2.24) is 14.3 Å². The number of hydrogen-bond donors (Lipinski definition) is 3. The van der Waals surface area contributed by atoms with Crippen LogP contribution in [0, 0.1) is 6.92 Å². The van der Waals surface area contributed by atoms with E-state index in [-0.39, 0.29) is 5.25 Å². The Morgan fingerprint density at radius 1 is 1.12 bits per heavy atom. The molecule has 0 aliphatic heterocycles. The number of aromatic nitrogens is 2. The molecule has 0 radical (unpaired) electrons. The van der Waals surface area contributed by atoms with Crippen molar-refractivity contribution in [2.24, 2.45) is 5.73 Å². The topological polar surface area (TPSA) is 130 Å². The molecule has 10 heteroatoms. The Hall–Kier alpha value is -3.50. The number of carbonyl (C=O) groups excluding carboxylic acids is 1. The Morgan fingerprint density at radius 3 is 2.52 bits per heavy atom. The number of nitrogens with one attached hydrogen (secondary N) is 2. The van der Waals surface area contributed by atoms with Gasteiger partial charge < -0.3 is 16.4 Å². The van der Waals surface area contributed by atoms with Crippen LogP contribution < -0.4 is 16.4 Å². The molecule has 1 heterocycles. The standard InChI is InChI=1S/C23H26N6O3S/c1-15-13-25-23(27-19-8-4-6-17(12-19)21(24)30)28-22(15)26-18-7-3-5-16(11-18)14-29(2)33(31,32)20-9-10-20/h3-8,11-13,20H,9-10,14H2,1-2H3,(H2,24,30)(H2,25,26,27,28). The average molecular weight is 467 g/mol. The Morgan fingerprint density at radius 2 is 1.82 bits per heavy atom. The molecule has 1 aliphatic rings. The lowest BCUT2D eigenvalue weighted by Gasteiger charge is -2.17. The van der Waals surface area contributed by atoms with Gasteiger partial charge in [-0.3, -0.25) is 4.79 Å². The van der Waals surface area contributed by atoms with Gasteiger partial charge in [0.25, 0.3) is 0 Å². The van der Waals surface area contributed by atoms with Crippen molar-refractivity contribution < 1.29 is 13.2 Å². The molecule has 0 atom stereocenters. The Balaban J connectivity index is 1.49. The molecule has 0 saturated heterocycles. The summed E-state index contributed by atoms with van der Waals surface area (Å²) < 4.78 is 26.3. The maximum Gasteiger partial charge on any atom is 0.248 e. The first kappa shape index (κ1) is 22.7. The molecule has 33 heavy (non-hydrogen) atoms. The van der Waals surface area contributed by atoms with Crippen molar-refractivity contribution in [3.05, 3.63) is 71.4 Å².